The zero-order chi connectivity index (χ0) is 17.6. The third-order valence-electron chi connectivity index (χ3n) is 4.31. The quantitative estimate of drug-likeness (QED) is 0.513. The fraction of sp³-hybridized carbons (Fsp3) is 0.105. The fourth-order valence-electron chi connectivity index (χ4n) is 3.09. The molecule has 0 spiro atoms. The first-order valence-electron chi connectivity index (χ1n) is 7.77. The number of H-pyrrole nitrogens is 2. The van der Waals surface area contributed by atoms with Crippen molar-refractivity contribution in [3.8, 4) is 11.3 Å². The molecule has 0 fully saturated rings. The van der Waals surface area contributed by atoms with Gasteiger partial charge in [-0.1, -0.05) is 30.3 Å². The summed E-state index contributed by atoms with van der Waals surface area (Å²) in [4.78, 5) is 3.21. The van der Waals surface area contributed by atoms with Gasteiger partial charge < -0.3 is 4.98 Å². The van der Waals surface area contributed by atoms with Crippen LogP contribution in [0, 0.1) is 0 Å². The molecule has 0 radical (unpaired) electrons. The van der Waals surface area contributed by atoms with Gasteiger partial charge in [-0.3, -0.25) is 5.10 Å². The summed E-state index contributed by atoms with van der Waals surface area (Å²) in [7, 11) is 0. The van der Waals surface area contributed by atoms with Crippen LogP contribution in [0.25, 0.3) is 39.0 Å². The number of benzene rings is 2. The van der Waals surface area contributed by atoms with Gasteiger partial charge in [0, 0.05) is 33.4 Å². The van der Waals surface area contributed by atoms with Gasteiger partial charge in [0.2, 0.25) is 0 Å². The zero-order valence-electron chi connectivity index (χ0n) is 13.3. The number of rotatable bonds is 1. The Labute approximate surface area is 140 Å². The van der Waals surface area contributed by atoms with Crippen molar-refractivity contribution in [1.82, 2.24) is 15.2 Å². The summed E-state index contributed by atoms with van der Waals surface area (Å²) in [5.41, 5.74) is 1.50. The summed E-state index contributed by atoms with van der Waals surface area (Å²) in [5, 5.41) is 11.2. The van der Waals surface area contributed by atoms with Gasteiger partial charge in [0.25, 0.3) is 0 Å². The number of nitrogens with zero attached hydrogens (tertiary/aromatic N) is 1. The van der Waals surface area contributed by atoms with E-state index in [0.717, 1.165) is 39.2 Å². The summed E-state index contributed by atoms with van der Waals surface area (Å²) in [6.45, 7) is 1.91. The molecule has 4 rings (SSSR count). The maximum Gasteiger partial charge on any atom is 0.416 e. The lowest BCUT2D eigenvalue weighted by Gasteiger charge is -2.07. The Morgan fingerprint density at radius 3 is 2.44 bits per heavy atom. The molecule has 0 unspecified atom stereocenters. The van der Waals surface area contributed by atoms with Crippen LogP contribution in [0.5, 0.6) is 0 Å². The topological polar surface area (TPSA) is 44.5 Å². The molecule has 0 atom stereocenters. The lowest BCUT2D eigenvalue weighted by molar-refractivity contribution is -0.137. The Hall–Kier alpha value is -3.02. The largest absolute Gasteiger partial charge is 0.416 e. The molecule has 126 valence electrons. The summed E-state index contributed by atoms with van der Waals surface area (Å²) in [5.74, 6) is 0. The van der Waals surface area contributed by atoms with Crippen molar-refractivity contribution < 1.29 is 13.2 Å². The number of hydrogen-bond donors (Lipinski definition) is 2. The molecular weight excluding hydrogens is 327 g/mol. The lowest BCUT2D eigenvalue weighted by Crippen LogP contribution is -2.05. The van der Waals surface area contributed by atoms with Crippen LogP contribution < -0.4 is 5.35 Å². The molecule has 2 aromatic heterocycles. The standard InChI is InChI=1S/C19H14F3N3/c1-2-15-13-4-3-5-16-17(13)14(10-23-16)18(25-24-15)11-6-8-12(9-7-11)19(20,21)22/h2-10,23-24H,1H3/b15-2-. The van der Waals surface area contributed by atoms with Crippen LogP contribution in [-0.4, -0.2) is 15.2 Å². The van der Waals surface area contributed by atoms with Crippen LogP contribution in [0.1, 0.15) is 12.5 Å². The molecule has 0 saturated heterocycles. The third kappa shape index (κ3) is 2.50. The minimum absolute atomic E-state index is 0.601. The smallest absolute Gasteiger partial charge is 0.360 e. The van der Waals surface area contributed by atoms with Crippen molar-refractivity contribution >= 4 is 27.8 Å². The van der Waals surface area contributed by atoms with Crippen molar-refractivity contribution in [3.05, 3.63) is 59.6 Å². The first kappa shape index (κ1) is 15.5. The van der Waals surface area contributed by atoms with Crippen molar-refractivity contribution in [3.63, 3.8) is 0 Å². The van der Waals surface area contributed by atoms with Crippen molar-refractivity contribution in [2.45, 2.75) is 13.1 Å². The molecule has 6 heteroatoms. The number of aromatic nitrogens is 3. The minimum atomic E-state index is -4.35. The SMILES string of the molecule is C/C=c1\[nH]nc(-c2ccc(C(F)(F)F)cc2)c2c[nH]c3cccc1c32. The minimum Gasteiger partial charge on any atom is -0.360 e. The van der Waals surface area contributed by atoms with Crippen molar-refractivity contribution in [1.29, 1.82) is 0 Å². The molecule has 0 aliphatic carbocycles. The van der Waals surface area contributed by atoms with E-state index in [1.165, 1.54) is 12.1 Å². The van der Waals surface area contributed by atoms with E-state index in [9.17, 15) is 13.2 Å². The van der Waals surface area contributed by atoms with Gasteiger partial charge in [-0.15, -0.1) is 0 Å². The lowest BCUT2D eigenvalue weighted by atomic mass is 10.0. The highest BCUT2D eigenvalue weighted by molar-refractivity contribution is 6.12. The number of aromatic amines is 2. The highest BCUT2D eigenvalue weighted by Gasteiger charge is 2.30. The highest BCUT2D eigenvalue weighted by atomic mass is 19.4. The normalized spacial score (nSPS) is 13.0. The van der Waals surface area contributed by atoms with Crippen LogP contribution in [0.15, 0.2) is 48.7 Å². The van der Waals surface area contributed by atoms with Gasteiger partial charge in [-0.25, -0.2) is 0 Å². The fourth-order valence-corrected chi connectivity index (χ4v) is 3.09. The maximum absolute atomic E-state index is 12.8. The van der Waals surface area contributed by atoms with E-state index in [1.54, 1.807) is 0 Å². The summed E-state index contributed by atoms with van der Waals surface area (Å²) in [6, 6.07) is 11.0. The summed E-state index contributed by atoms with van der Waals surface area (Å²) >= 11 is 0. The predicted molar refractivity (Wildman–Crippen MR) is 92.6 cm³/mol. The van der Waals surface area contributed by atoms with Crippen LogP contribution in [-0.2, 0) is 6.18 Å². The molecule has 2 N–H and O–H groups in total. The number of alkyl halides is 3. The van der Waals surface area contributed by atoms with E-state index >= 15 is 0 Å². The molecule has 3 nitrogen and oxygen atoms in total. The average molecular weight is 341 g/mol. The molecule has 25 heavy (non-hydrogen) atoms. The Balaban J connectivity index is 2.04. The molecule has 0 aliphatic heterocycles. The van der Waals surface area contributed by atoms with Crippen LogP contribution in [0.3, 0.4) is 0 Å². The average Bonchev–Trinajstić information content (AvgIpc) is 2.95. The second-order valence-corrected chi connectivity index (χ2v) is 5.78. The summed E-state index contributed by atoms with van der Waals surface area (Å²) < 4.78 is 38.4. The second-order valence-electron chi connectivity index (χ2n) is 5.78. The van der Waals surface area contributed by atoms with Crippen molar-refractivity contribution in [2.75, 3.05) is 0 Å². The Morgan fingerprint density at radius 2 is 1.76 bits per heavy atom. The van der Waals surface area contributed by atoms with Crippen LogP contribution in [0.4, 0.5) is 13.2 Å². The highest BCUT2D eigenvalue weighted by Crippen LogP contribution is 2.33. The van der Waals surface area contributed by atoms with Gasteiger partial charge >= 0.3 is 6.18 Å². The van der Waals surface area contributed by atoms with Gasteiger partial charge in [-0.05, 0) is 25.1 Å². The number of nitrogens with one attached hydrogen (secondary N) is 2. The van der Waals surface area contributed by atoms with E-state index < -0.39 is 11.7 Å². The predicted octanol–water partition coefficient (Wildman–Crippen LogP) is 4.81. The van der Waals surface area contributed by atoms with E-state index in [-0.39, 0.29) is 0 Å². The van der Waals surface area contributed by atoms with E-state index in [4.69, 9.17) is 0 Å². The Morgan fingerprint density at radius 1 is 1.00 bits per heavy atom. The summed E-state index contributed by atoms with van der Waals surface area (Å²) in [6.07, 6.45) is -0.593. The molecule has 2 heterocycles. The van der Waals surface area contributed by atoms with E-state index in [1.807, 2.05) is 37.4 Å². The number of hydrogen-bond acceptors (Lipinski definition) is 1. The number of halogens is 3. The third-order valence-corrected chi connectivity index (χ3v) is 4.31. The van der Waals surface area contributed by atoms with Crippen molar-refractivity contribution in [2.24, 2.45) is 0 Å². The first-order chi connectivity index (χ1) is 12.0. The molecule has 0 aliphatic rings. The molecule has 0 saturated carbocycles. The second kappa shape index (κ2) is 5.51. The molecule has 0 bridgehead atoms. The molecular formula is C19H14F3N3. The van der Waals surface area contributed by atoms with E-state index in [2.05, 4.69) is 15.2 Å². The maximum atomic E-state index is 12.8. The monoisotopic (exact) mass is 341 g/mol. The zero-order valence-corrected chi connectivity index (χ0v) is 13.3. The van der Waals surface area contributed by atoms with Gasteiger partial charge in [0.1, 0.15) is 0 Å². The van der Waals surface area contributed by atoms with Gasteiger partial charge in [-0.2, -0.15) is 18.3 Å². The van der Waals surface area contributed by atoms with Crippen LogP contribution in [0.2, 0.25) is 0 Å². The first-order valence-corrected chi connectivity index (χ1v) is 7.77. The molecule has 2 aromatic carbocycles. The Kier molecular flexibility index (Phi) is 3.42. The van der Waals surface area contributed by atoms with Gasteiger partial charge in [0.15, 0.2) is 0 Å². The molecule has 4 aromatic rings. The Bertz CT molecular complexity index is 1130. The van der Waals surface area contributed by atoms with Gasteiger partial charge in [0.05, 0.1) is 16.6 Å². The van der Waals surface area contributed by atoms with Crippen LogP contribution >= 0.6 is 0 Å². The molecule has 0 amide bonds. The van der Waals surface area contributed by atoms with E-state index in [0.29, 0.717) is 11.3 Å².